The average Bonchev–Trinajstić information content (AvgIpc) is 2.69. The molecule has 1 heterocycles. The van der Waals surface area contributed by atoms with Crippen molar-refractivity contribution in [1.82, 2.24) is 0 Å². The van der Waals surface area contributed by atoms with Crippen LogP contribution in [0.2, 0.25) is 0 Å². The maximum Gasteiger partial charge on any atom is 0.116 e. The lowest BCUT2D eigenvalue weighted by molar-refractivity contribution is 0.472. The number of allylic oxidation sites excluding steroid dienone is 1. The lowest BCUT2D eigenvalue weighted by atomic mass is 9.77. The standard InChI is InChI=1S/C24H22O2S/c1-2-3-16-4-6-18(7-5-16)24-21-13-12-20(26)14-23(21)27-15-22(24)17-8-10-19(25)11-9-17/h2,4-14,22,24-26H,1,3,15H2. The molecule has 2 N–H and O–H groups in total. The molecule has 4 rings (SSSR count). The molecular formula is C24H22O2S. The lowest BCUT2D eigenvalue weighted by Crippen LogP contribution is -2.20. The SMILES string of the molecule is C=CCc1ccc(C2c3ccc(O)cc3SCC2c2ccc(O)cc2)cc1. The fourth-order valence-electron chi connectivity index (χ4n) is 3.85. The van der Waals surface area contributed by atoms with Gasteiger partial charge in [0.25, 0.3) is 0 Å². The molecule has 27 heavy (non-hydrogen) atoms. The summed E-state index contributed by atoms with van der Waals surface area (Å²) in [5.41, 5.74) is 5.00. The highest BCUT2D eigenvalue weighted by Gasteiger charge is 2.32. The van der Waals surface area contributed by atoms with Crippen molar-refractivity contribution >= 4 is 11.8 Å². The molecule has 2 nitrogen and oxygen atoms in total. The van der Waals surface area contributed by atoms with E-state index in [9.17, 15) is 10.2 Å². The summed E-state index contributed by atoms with van der Waals surface area (Å²) in [6.45, 7) is 3.82. The molecule has 0 aromatic heterocycles. The predicted octanol–water partition coefficient (Wildman–Crippen LogP) is 5.85. The lowest BCUT2D eigenvalue weighted by Gasteiger charge is -2.34. The van der Waals surface area contributed by atoms with Crippen LogP contribution in [0.5, 0.6) is 11.5 Å². The van der Waals surface area contributed by atoms with Crippen LogP contribution in [0, 0.1) is 0 Å². The van der Waals surface area contributed by atoms with Gasteiger partial charge in [0.05, 0.1) is 0 Å². The van der Waals surface area contributed by atoms with Crippen molar-refractivity contribution in [1.29, 1.82) is 0 Å². The van der Waals surface area contributed by atoms with Gasteiger partial charge < -0.3 is 10.2 Å². The largest absolute Gasteiger partial charge is 0.508 e. The Bertz CT molecular complexity index is 945. The van der Waals surface area contributed by atoms with Crippen LogP contribution in [-0.4, -0.2) is 16.0 Å². The van der Waals surface area contributed by atoms with E-state index < -0.39 is 0 Å². The highest BCUT2D eigenvalue weighted by Crippen LogP contribution is 2.49. The highest BCUT2D eigenvalue weighted by molar-refractivity contribution is 7.99. The van der Waals surface area contributed by atoms with Crippen LogP contribution in [0.3, 0.4) is 0 Å². The smallest absolute Gasteiger partial charge is 0.116 e. The molecule has 0 amide bonds. The van der Waals surface area contributed by atoms with Crippen LogP contribution >= 0.6 is 11.8 Å². The van der Waals surface area contributed by atoms with E-state index in [1.807, 2.05) is 30.3 Å². The summed E-state index contributed by atoms with van der Waals surface area (Å²) >= 11 is 1.78. The van der Waals surface area contributed by atoms with Gasteiger partial charge in [0.1, 0.15) is 11.5 Å². The van der Waals surface area contributed by atoms with Crippen LogP contribution in [0.25, 0.3) is 0 Å². The Morgan fingerprint density at radius 2 is 1.56 bits per heavy atom. The minimum absolute atomic E-state index is 0.212. The Morgan fingerprint density at radius 1 is 0.889 bits per heavy atom. The Labute approximate surface area is 164 Å². The topological polar surface area (TPSA) is 40.5 Å². The van der Waals surface area contributed by atoms with E-state index in [1.165, 1.54) is 22.3 Å². The average molecular weight is 375 g/mol. The zero-order chi connectivity index (χ0) is 18.8. The molecule has 0 bridgehead atoms. The molecule has 3 heteroatoms. The molecule has 0 saturated heterocycles. The number of phenols is 2. The fraction of sp³-hybridized carbons (Fsp3) is 0.167. The monoisotopic (exact) mass is 374 g/mol. The number of benzene rings is 3. The first kappa shape index (κ1) is 17.7. The maximum atomic E-state index is 9.90. The third kappa shape index (κ3) is 3.60. The number of phenolic OH excluding ortho intramolecular Hbond substituents is 2. The van der Waals surface area contributed by atoms with Crippen molar-refractivity contribution < 1.29 is 10.2 Å². The second-order valence-corrected chi connectivity index (χ2v) is 8.01. The van der Waals surface area contributed by atoms with Gasteiger partial charge in [-0.1, -0.05) is 48.5 Å². The van der Waals surface area contributed by atoms with Crippen LogP contribution in [0.15, 0.2) is 84.3 Å². The Balaban J connectivity index is 1.80. The van der Waals surface area contributed by atoms with Gasteiger partial charge in [0.15, 0.2) is 0 Å². The molecule has 2 unspecified atom stereocenters. The van der Waals surface area contributed by atoms with Gasteiger partial charge in [-0.05, 0) is 52.9 Å². The summed E-state index contributed by atoms with van der Waals surface area (Å²) in [5, 5.41) is 19.6. The van der Waals surface area contributed by atoms with Crippen LogP contribution in [0.4, 0.5) is 0 Å². The number of rotatable bonds is 4. The fourth-order valence-corrected chi connectivity index (χ4v) is 5.16. The van der Waals surface area contributed by atoms with Crippen LogP contribution < -0.4 is 0 Å². The molecule has 136 valence electrons. The molecule has 0 fully saturated rings. The van der Waals surface area contributed by atoms with Gasteiger partial charge >= 0.3 is 0 Å². The molecule has 0 saturated carbocycles. The van der Waals surface area contributed by atoms with Crippen molar-refractivity contribution in [2.75, 3.05) is 5.75 Å². The van der Waals surface area contributed by atoms with Crippen LogP contribution in [-0.2, 0) is 6.42 Å². The summed E-state index contributed by atoms with van der Waals surface area (Å²) in [7, 11) is 0. The van der Waals surface area contributed by atoms with Crippen molar-refractivity contribution in [2.24, 2.45) is 0 Å². The number of fused-ring (bicyclic) bond motifs is 1. The summed E-state index contributed by atoms with van der Waals surface area (Å²) in [6.07, 6.45) is 2.79. The van der Waals surface area contributed by atoms with Crippen molar-refractivity contribution in [3.05, 3.63) is 102 Å². The van der Waals surface area contributed by atoms with E-state index in [4.69, 9.17) is 0 Å². The minimum atomic E-state index is 0.212. The third-order valence-corrected chi connectivity index (χ3v) is 6.38. The van der Waals surface area contributed by atoms with Gasteiger partial charge in [-0.3, -0.25) is 0 Å². The number of hydrogen-bond donors (Lipinski definition) is 2. The van der Waals surface area contributed by atoms with Gasteiger partial charge in [-0.25, -0.2) is 0 Å². The quantitative estimate of drug-likeness (QED) is 0.563. The third-order valence-electron chi connectivity index (χ3n) is 5.19. The normalized spacial score (nSPS) is 18.7. The Kier molecular flexibility index (Phi) is 4.95. The summed E-state index contributed by atoms with van der Waals surface area (Å²) < 4.78 is 0. The van der Waals surface area contributed by atoms with E-state index in [0.717, 1.165) is 17.1 Å². The van der Waals surface area contributed by atoms with E-state index in [2.05, 4.69) is 30.8 Å². The molecule has 1 aliphatic heterocycles. The molecule has 0 aliphatic carbocycles. The zero-order valence-electron chi connectivity index (χ0n) is 15.0. The molecular weight excluding hydrogens is 352 g/mol. The van der Waals surface area contributed by atoms with E-state index in [1.54, 1.807) is 30.0 Å². The van der Waals surface area contributed by atoms with Gasteiger partial charge in [-0.15, -0.1) is 18.3 Å². The second-order valence-electron chi connectivity index (χ2n) is 6.94. The first-order valence-electron chi connectivity index (χ1n) is 9.10. The molecule has 0 radical (unpaired) electrons. The van der Waals surface area contributed by atoms with Crippen LogP contribution in [0.1, 0.15) is 34.1 Å². The van der Waals surface area contributed by atoms with E-state index in [-0.39, 0.29) is 11.7 Å². The first-order valence-corrected chi connectivity index (χ1v) is 10.1. The number of thioether (sulfide) groups is 1. The van der Waals surface area contributed by atoms with Crippen molar-refractivity contribution in [2.45, 2.75) is 23.2 Å². The van der Waals surface area contributed by atoms with Gasteiger partial charge in [0.2, 0.25) is 0 Å². The second kappa shape index (κ2) is 7.53. The Hall–Kier alpha value is -2.65. The number of aromatic hydroxyl groups is 2. The zero-order valence-corrected chi connectivity index (χ0v) is 15.8. The van der Waals surface area contributed by atoms with E-state index >= 15 is 0 Å². The molecule has 3 aromatic carbocycles. The summed E-state index contributed by atoms with van der Waals surface area (Å²) in [5.74, 6) is 2.05. The molecule has 0 spiro atoms. The maximum absolute atomic E-state index is 9.90. The van der Waals surface area contributed by atoms with Crippen molar-refractivity contribution in [3.63, 3.8) is 0 Å². The first-order chi connectivity index (χ1) is 13.2. The predicted molar refractivity (Wildman–Crippen MR) is 112 cm³/mol. The molecule has 2 atom stereocenters. The minimum Gasteiger partial charge on any atom is -0.508 e. The molecule has 1 aliphatic rings. The molecule has 3 aromatic rings. The summed E-state index contributed by atoms with van der Waals surface area (Å²) in [6, 6.07) is 22.0. The Morgan fingerprint density at radius 3 is 2.26 bits per heavy atom. The van der Waals surface area contributed by atoms with Gasteiger partial charge in [-0.2, -0.15) is 0 Å². The van der Waals surface area contributed by atoms with Crippen molar-refractivity contribution in [3.8, 4) is 11.5 Å². The number of hydrogen-bond acceptors (Lipinski definition) is 3. The van der Waals surface area contributed by atoms with Gasteiger partial charge in [0, 0.05) is 22.5 Å². The van der Waals surface area contributed by atoms with E-state index in [0.29, 0.717) is 11.7 Å². The highest BCUT2D eigenvalue weighted by atomic mass is 32.2. The summed E-state index contributed by atoms with van der Waals surface area (Å²) in [4.78, 5) is 1.14.